The number of carbonyl (C=O) groups excluding carboxylic acids is 1. The van der Waals surface area contributed by atoms with E-state index in [-0.39, 0.29) is 18.3 Å². The number of methoxy groups -OCH3 is 1. The third-order valence-electron chi connectivity index (χ3n) is 3.69. The molecule has 27 heavy (non-hydrogen) atoms. The van der Waals surface area contributed by atoms with Gasteiger partial charge in [0.15, 0.2) is 5.82 Å². The van der Waals surface area contributed by atoms with Crippen LogP contribution in [0.3, 0.4) is 0 Å². The monoisotopic (exact) mass is 377 g/mol. The van der Waals surface area contributed by atoms with Crippen molar-refractivity contribution in [2.24, 2.45) is 0 Å². The molecule has 6 nitrogen and oxygen atoms in total. The Labute approximate surface area is 152 Å². The number of carbonyl (C=O) groups is 1. The van der Waals surface area contributed by atoms with Gasteiger partial charge >= 0.3 is 6.18 Å². The normalized spacial score (nSPS) is 11.3. The summed E-state index contributed by atoms with van der Waals surface area (Å²) < 4.78 is 49.1. The van der Waals surface area contributed by atoms with E-state index in [1.54, 1.807) is 31.4 Å². The molecule has 0 unspecified atom stereocenters. The van der Waals surface area contributed by atoms with Gasteiger partial charge in [-0.3, -0.25) is 4.79 Å². The fourth-order valence-electron chi connectivity index (χ4n) is 2.36. The molecule has 0 atom stereocenters. The number of nitrogens with zero attached hydrogens (tertiary/aromatic N) is 2. The van der Waals surface area contributed by atoms with Gasteiger partial charge in [-0.25, -0.2) is 0 Å². The molecule has 3 aromatic rings. The maximum absolute atomic E-state index is 13.0. The van der Waals surface area contributed by atoms with Crippen LogP contribution in [0.4, 0.5) is 13.2 Å². The van der Waals surface area contributed by atoms with Crippen molar-refractivity contribution in [3.05, 3.63) is 65.5 Å². The quantitative estimate of drug-likeness (QED) is 0.734. The van der Waals surface area contributed by atoms with Gasteiger partial charge < -0.3 is 14.6 Å². The Bertz CT molecular complexity index is 937. The Morgan fingerprint density at radius 1 is 1.15 bits per heavy atom. The van der Waals surface area contributed by atoms with Gasteiger partial charge in [0.2, 0.25) is 0 Å². The summed E-state index contributed by atoms with van der Waals surface area (Å²) in [6.07, 6.45) is -4.62. The SMILES string of the molecule is COc1ccc(-c2nc(CNC(=O)c3ccccc3C(F)(F)F)no2)cc1. The number of ether oxygens (including phenoxy) is 1. The molecule has 0 saturated heterocycles. The molecule has 0 aliphatic carbocycles. The minimum atomic E-state index is -4.62. The maximum Gasteiger partial charge on any atom is 0.417 e. The van der Waals surface area contributed by atoms with Gasteiger partial charge in [-0.05, 0) is 36.4 Å². The lowest BCUT2D eigenvalue weighted by atomic mass is 10.1. The van der Waals surface area contributed by atoms with Crippen molar-refractivity contribution in [3.8, 4) is 17.2 Å². The highest BCUT2D eigenvalue weighted by Crippen LogP contribution is 2.31. The zero-order valence-electron chi connectivity index (χ0n) is 14.1. The third-order valence-corrected chi connectivity index (χ3v) is 3.69. The second-order valence-corrected chi connectivity index (χ2v) is 5.47. The molecular formula is C18H14F3N3O3. The summed E-state index contributed by atoms with van der Waals surface area (Å²) in [4.78, 5) is 16.2. The molecule has 0 aliphatic heterocycles. The largest absolute Gasteiger partial charge is 0.497 e. The van der Waals surface area contributed by atoms with E-state index in [1.807, 2.05) is 0 Å². The van der Waals surface area contributed by atoms with E-state index >= 15 is 0 Å². The van der Waals surface area contributed by atoms with Crippen LogP contribution in [0.5, 0.6) is 5.75 Å². The van der Waals surface area contributed by atoms with Crippen LogP contribution in [-0.4, -0.2) is 23.2 Å². The summed E-state index contributed by atoms with van der Waals surface area (Å²) in [6.45, 7) is -0.176. The van der Waals surface area contributed by atoms with Crippen LogP contribution in [0.1, 0.15) is 21.7 Å². The summed E-state index contributed by atoms with van der Waals surface area (Å²) in [6, 6.07) is 11.4. The molecule has 3 rings (SSSR count). The second kappa shape index (κ2) is 7.48. The van der Waals surface area contributed by atoms with Crippen LogP contribution in [-0.2, 0) is 12.7 Å². The number of alkyl halides is 3. The number of hydrogen-bond donors (Lipinski definition) is 1. The third kappa shape index (κ3) is 4.25. The van der Waals surface area contributed by atoms with E-state index in [2.05, 4.69) is 15.5 Å². The summed E-state index contributed by atoms with van der Waals surface area (Å²) in [5, 5.41) is 6.08. The van der Waals surface area contributed by atoms with Gasteiger partial charge in [-0.15, -0.1) is 0 Å². The summed E-state index contributed by atoms with van der Waals surface area (Å²) >= 11 is 0. The van der Waals surface area contributed by atoms with Gasteiger partial charge in [0.05, 0.1) is 24.8 Å². The Balaban J connectivity index is 1.69. The van der Waals surface area contributed by atoms with Gasteiger partial charge in [-0.2, -0.15) is 18.2 Å². The fourth-order valence-corrected chi connectivity index (χ4v) is 2.36. The highest BCUT2D eigenvalue weighted by atomic mass is 19.4. The van der Waals surface area contributed by atoms with E-state index in [9.17, 15) is 18.0 Å². The van der Waals surface area contributed by atoms with Crippen LogP contribution in [0.15, 0.2) is 53.1 Å². The number of amides is 1. The van der Waals surface area contributed by atoms with Crippen molar-refractivity contribution in [1.82, 2.24) is 15.5 Å². The fraction of sp³-hybridized carbons (Fsp3) is 0.167. The molecular weight excluding hydrogens is 363 g/mol. The molecule has 0 aliphatic rings. The van der Waals surface area contributed by atoms with Crippen molar-refractivity contribution in [2.45, 2.75) is 12.7 Å². The summed E-state index contributed by atoms with van der Waals surface area (Å²) in [5.41, 5.74) is -0.832. The number of aromatic nitrogens is 2. The molecule has 1 aromatic heterocycles. The van der Waals surface area contributed by atoms with E-state index in [1.165, 1.54) is 12.1 Å². The Morgan fingerprint density at radius 2 is 1.85 bits per heavy atom. The lowest BCUT2D eigenvalue weighted by Crippen LogP contribution is -2.26. The zero-order chi connectivity index (χ0) is 19.4. The molecule has 1 heterocycles. The first-order valence-corrected chi connectivity index (χ1v) is 7.80. The van der Waals surface area contributed by atoms with Crippen molar-refractivity contribution in [3.63, 3.8) is 0 Å². The van der Waals surface area contributed by atoms with Gasteiger partial charge in [0.25, 0.3) is 11.8 Å². The predicted molar refractivity (Wildman–Crippen MR) is 88.9 cm³/mol. The Morgan fingerprint density at radius 3 is 2.52 bits per heavy atom. The van der Waals surface area contributed by atoms with Gasteiger partial charge in [0.1, 0.15) is 5.75 Å². The van der Waals surface area contributed by atoms with Crippen molar-refractivity contribution >= 4 is 5.91 Å². The van der Waals surface area contributed by atoms with Gasteiger partial charge in [-0.1, -0.05) is 17.3 Å². The number of nitrogens with one attached hydrogen (secondary N) is 1. The van der Waals surface area contributed by atoms with Crippen LogP contribution in [0.25, 0.3) is 11.5 Å². The van der Waals surface area contributed by atoms with E-state index in [0.29, 0.717) is 11.3 Å². The van der Waals surface area contributed by atoms with Crippen LogP contribution in [0, 0.1) is 0 Å². The van der Waals surface area contributed by atoms with Crippen molar-refractivity contribution < 1.29 is 27.2 Å². The first-order chi connectivity index (χ1) is 12.9. The van der Waals surface area contributed by atoms with E-state index in [0.717, 1.165) is 12.1 Å². The highest BCUT2D eigenvalue weighted by Gasteiger charge is 2.34. The average molecular weight is 377 g/mol. The minimum absolute atomic E-state index is 0.138. The Kier molecular flexibility index (Phi) is 5.11. The van der Waals surface area contributed by atoms with Crippen molar-refractivity contribution in [2.75, 3.05) is 7.11 Å². The maximum atomic E-state index is 13.0. The number of rotatable bonds is 5. The standard InChI is InChI=1S/C18H14F3N3O3/c1-26-12-8-6-11(7-9-12)17-23-15(24-27-17)10-22-16(25)13-4-2-3-5-14(13)18(19,20)21/h2-9H,10H2,1H3,(H,22,25). The van der Waals surface area contributed by atoms with Gasteiger partial charge in [0, 0.05) is 5.56 Å². The zero-order valence-corrected chi connectivity index (χ0v) is 14.1. The first kappa shape index (κ1) is 18.4. The van der Waals surface area contributed by atoms with Crippen LogP contribution >= 0.6 is 0 Å². The molecule has 0 fully saturated rings. The molecule has 140 valence electrons. The first-order valence-electron chi connectivity index (χ1n) is 7.80. The number of halogens is 3. The smallest absolute Gasteiger partial charge is 0.417 e. The van der Waals surface area contributed by atoms with Crippen molar-refractivity contribution in [1.29, 1.82) is 0 Å². The molecule has 0 saturated carbocycles. The summed E-state index contributed by atoms with van der Waals surface area (Å²) in [7, 11) is 1.54. The molecule has 0 radical (unpaired) electrons. The molecule has 1 N–H and O–H groups in total. The summed E-state index contributed by atoms with van der Waals surface area (Å²) in [5.74, 6) is 0.143. The molecule has 0 bridgehead atoms. The number of benzene rings is 2. The molecule has 1 amide bonds. The average Bonchev–Trinajstić information content (AvgIpc) is 3.14. The van der Waals surface area contributed by atoms with E-state index < -0.39 is 23.2 Å². The number of hydrogen-bond acceptors (Lipinski definition) is 5. The predicted octanol–water partition coefficient (Wildman–Crippen LogP) is 3.69. The Hall–Kier alpha value is -3.36. The lowest BCUT2D eigenvalue weighted by Gasteiger charge is -2.11. The van der Waals surface area contributed by atoms with Crippen LogP contribution < -0.4 is 10.1 Å². The highest BCUT2D eigenvalue weighted by molar-refractivity contribution is 5.95. The molecule has 9 heteroatoms. The minimum Gasteiger partial charge on any atom is -0.497 e. The molecule has 0 spiro atoms. The van der Waals surface area contributed by atoms with E-state index in [4.69, 9.17) is 9.26 Å². The molecule has 2 aromatic carbocycles. The van der Waals surface area contributed by atoms with Crippen LogP contribution in [0.2, 0.25) is 0 Å². The second-order valence-electron chi connectivity index (χ2n) is 5.47. The lowest BCUT2D eigenvalue weighted by molar-refractivity contribution is -0.137. The topological polar surface area (TPSA) is 77.2 Å².